The van der Waals surface area contributed by atoms with Crippen molar-refractivity contribution in [2.45, 2.75) is 38.6 Å². The van der Waals surface area contributed by atoms with Crippen LogP contribution in [0.5, 0.6) is 0 Å². The van der Waals surface area contributed by atoms with Crippen LogP contribution in [0.25, 0.3) is 0 Å². The quantitative estimate of drug-likeness (QED) is 0.681. The summed E-state index contributed by atoms with van der Waals surface area (Å²) in [6.07, 6.45) is 4.50. The number of aromatic nitrogens is 1. The van der Waals surface area contributed by atoms with E-state index in [1.54, 1.807) is 11.3 Å². The van der Waals surface area contributed by atoms with Crippen LogP contribution >= 0.6 is 11.3 Å². The van der Waals surface area contributed by atoms with Gasteiger partial charge < -0.3 is 15.7 Å². The fourth-order valence-corrected chi connectivity index (χ4v) is 3.12. The number of anilines is 1. The van der Waals surface area contributed by atoms with Gasteiger partial charge >= 0.3 is 0 Å². The minimum absolute atomic E-state index is 0.0378. The van der Waals surface area contributed by atoms with Crippen molar-refractivity contribution in [1.82, 2.24) is 10.3 Å². The maximum absolute atomic E-state index is 8.79. The van der Waals surface area contributed by atoms with E-state index < -0.39 is 0 Å². The molecule has 1 aromatic heterocycles. The molecule has 0 saturated heterocycles. The van der Waals surface area contributed by atoms with E-state index in [2.05, 4.69) is 22.5 Å². The molecule has 3 N–H and O–H groups in total. The lowest BCUT2D eigenvalue weighted by molar-refractivity contribution is 0.325. The zero-order chi connectivity index (χ0) is 11.4. The Bertz CT molecular complexity index is 340. The molecule has 0 saturated carbocycles. The topological polar surface area (TPSA) is 57.2 Å². The Morgan fingerprint density at radius 1 is 1.56 bits per heavy atom. The second-order valence-electron chi connectivity index (χ2n) is 4.12. The van der Waals surface area contributed by atoms with Crippen LogP contribution < -0.4 is 10.6 Å². The molecular weight excluding hydrogens is 222 g/mol. The summed E-state index contributed by atoms with van der Waals surface area (Å²) < 4.78 is 0. The molecule has 1 atom stereocenters. The van der Waals surface area contributed by atoms with Crippen molar-refractivity contribution in [2.75, 3.05) is 18.6 Å². The molecule has 5 heteroatoms. The van der Waals surface area contributed by atoms with E-state index in [0.29, 0.717) is 6.04 Å². The summed E-state index contributed by atoms with van der Waals surface area (Å²) in [6.45, 7) is 3.25. The van der Waals surface area contributed by atoms with Gasteiger partial charge in [-0.1, -0.05) is 6.92 Å². The standard InChI is InChI=1S/C11H19N3OS/c1-2-5-12-8-3-4-9-10(6-8)16-11(14-9)13-7-15/h8,12,15H,2-7H2,1H3,(H,13,14)/t8-/m1/s1. The van der Waals surface area contributed by atoms with Crippen molar-refractivity contribution in [1.29, 1.82) is 0 Å². The van der Waals surface area contributed by atoms with Crippen LogP contribution in [-0.4, -0.2) is 29.4 Å². The summed E-state index contributed by atoms with van der Waals surface area (Å²) in [5, 5.41) is 16.1. The normalized spacial score (nSPS) is 19.5. The molecule has 4 nitrogen and oxygen atoms in total. The molecule has 1 aromatic rings. The van der Waals surface area contributed by atoms with Crippen LogP contribution in [-0.2, 0) is 12.8 Å². The first kappa shape index (κ1) is 11.8. The van der Waals surface area contributed by atoms with Gasteiger partial charge in [-0.2, -0.15) is 0 Å². The van der Waals surface area contributed by atoms with Gasteiger partial charge in [0, 0.05) is 10.9 Å². The second kappa shape index (κ2) is 5.61. The molecule has 0 unspecified atom stereocenters. The highest BCUT2D eigenvalue weighted by atomic mass is 32.1. The first-order valence-corrected chi connectivity index (χ1v) is 6.71. The Hall–Kier alpha value is -0.650. The second-order valence-corrected chi connectivity index (χ2v) is 5.20. The van der Waals surface area contributed by atoms with Gasteiger partial charge in [-0.15, -0.1) is 11.3 Å². The lowest BCUT2D eigenvalue weighted by Crippen LogP contribution is -2.34. The van der Waals surface area contributed by atoms with Gasteiger partial charge in [0.1, 0.15) is 6.73 Å². The Labute approximate surface area is 100 Å². The molecule has 0 bridgehead atoms. The summed E-state index contributed by atoms with van der Waals surface area (Å²) in [5.74, 6) is 0. The highest BCUT2D eigenvalue weighted by molar-refractivity contribution is 7.15. The number of thiazole rings is 1. The number of aryl methyl sites for hydroxylation is 1. The Kier molecular flexibility index (Phi) is 4.15. The van der Waals surface area contributed by atoms with Crippen LogP contribution in [0.4, 0.5) is 5.13 Å². The minimum atomic E-state index is -0.0378. The molecule has 0 fully saturated rings. The number of nitrogens with one attached hydrogen (secondary N) is 2. The number of hydrogen-bond donors (Lipinski definition) is 3. The van der Waals surface area contributed by atoms with Crippen molar-refractivity contribution in [2.24, 2.45) is 0 Å². The Balaban J connectivity index is 1.97. The summed E-state index contributed by atoms with van der Waals surface area (Å²) >= 11 is 1.67. The number of aliphatic hydroxyl groups excluding tert-OH is 1. The lowest BCUT2D eigenvalue weighted by Gasteiger charge is -2.21. The number of aliphatic hydroxyl groups is 1. The zero-order valence-electron chi connectivity index (χ0n) is 9.62. The van der Waals surface area contributed by atoms with Gasteiger partial charge in [0.25, 0.3) is 0 Å². The lowest BCUT2D eigenvalue weighted by atomic mass is 9.98. The van der Waals surface area contributed by atoms with E-state index in [-0.39, 0.29) is 6.73 Å². The molecule has 0 spiro atoms. The van der Waals surface area contributed by atoms with E-state index in [4.69, 9.17) is 5.11 Å². The zero-order valence-corrected chi connectivity index (χ0v) is 10.4. The van der Waals surface area contributed by atoms with Crippen LogP contribution in [0.15, 0.2) is 0 Å². The smallest absolute Gasteiger partial charge is 0.184 e. The predicted octanol–water partition coefficient (Wildman–Crippen LogP) is 1.36. The number of fused-ring (bicyclic) bond motifs is 1. The third kappa shape index (κ3) is 2.72. The molecule has 0 aromatic carbocycles. The number of hydrogen-bond acceptors (Lipinski definition) is 5. The van der Waals surface area contributed by atoms with Crippen molar-refractivity contribution in [3.63, 3.8) is 0 Å². The van der Waals surface area contributed by atoms with E-state index in [0.717, 1.165) is 24.5 Å². The molecule has 1 aliphatic carbocycles. The maximum atomic E-state index is 8.79. The van der Waals surface area contributed by atoms with Gasteiger partial charge in [-0.05, 0) is 32.2 Å². The van der Waals surface area contributed by atoms with E-state index >= 15 is 0 Å². The molecular formula is C11H19N3OS. The van der Waals surface area contributed by atoms with Crippen LogP contribution in [0, 0.1) is 0 Å². The molecule has 16 heavy (non-hydrogen) atoms. The van der Waals surface area contributed by atoms with Crippen LogP contribution in [0.2, 0.25) is 0 Å². The monoisotopic (exact) mass is 241 g/mol. The van der Waals surface area contributed by atoms with Crippen molar-refractivity contribution >= 4 is 16.5 Å². The fraction of sp³-hybridized carbons (Fsp3) is 0.727. The predicted molar refractivity (Wildman–Crippen MR) is 66.9 cm³/mol. The summed E-state index contributed by atoms with van der Waals surface area (Å²) in [4.78, 5) is 5.85. The molecule has 0 amide bonds. The molecule has 2 rings (SSSR count). The number of nitrogens with zero attached hydrogens (tertiary/aromatic N) is 1. The SMILES string of the molecule is CCCN[C@@H]1CCc2nc(NCO)sc2C1. The van der Waals surface area contributed by atoms with Gasteiger partial charge in [-0.3, -0.25) is 0 Å². The molecule has 0 radical (unpaired) electrons. The minimum Gasteiger partial charge on any atom is -0.377 e. The van der Waals surface area contributed by atoms with Gasteiger partial charge in [0.05, 0.1) is 5.69 Å². The van der Waals surface area contributed by atoms with E-state index in [1.165, 1.54) is 23.4 Å². The summed E-state index contributed by atoms with van der Waals surface area (Å²) in [5.41, 5.74) is 1.22. The fourth-order valence-electron chi connectivity index (χ4n) is 2.04. The van der Waals surface area contributed by atoms with Crippen LogP contribution in [0.3, 0.4) is 0 Å². The first-order chi connectivity index (χ1) is 7.83. The van der Waals surface area contributed by atoms with Gasteiger partial charge in [0.15, 0.2) is 5.13 Å². The van der Waals surface area contributed by atoms with Crippen molar-refractivity contribution in [3.8, 4) is 0 Å². The Morgan fingerprint density at radius 3 is 3.19 bits per heavy atom. The van der Waals surface area contributed by atoms with E-state index in [9.17, 15) is 0 Å². The molecule has 1 aliphatic rings. The average molecular weight is 241 g/mol. The highest BCUT2D eigenvalue weighted by Gasteiger charge is 2.21. The Morgan fingerprint density at radius 2 is 2.44 bits per heavy atom. The number of rotatable bonds is 5. The highest BCUT2D eigenvalue weighted by Crippen LogP contribution is 2.29. The molecule has 0 aliphatic heterocycles. The largest absolute Gasteiger partial charge is 0.377 e. The maximum Gasteiger partial charge on any atom is 0.184 e. The molecule has 90 valence electrons. The van der Waals surface area contributed by atoms with Gasteiger partial charge in [-0.25, -0.2) is 4.98 Å². The van der Waals surface area contributed by atoms with Crippen LogP contribution in [0.1, 0.15) is 30.3 Å². The molecule has 1 heterocycles. The average Bonchev–Trinajstić information content (AvgIpc) is 2.68. The summed E-state index contributed by atoms with van der Waals surface area (Å²) in [6, 6.07) is 0.606. The van der Waals surface area contributed by atoms with Crippen molar-refractivity contribution in [3.05, 3.63) is 10.6 Å². The van der Waals surface area contributed by atoms with Gasteiger partial charge in [0.2, 0.25) is 0 Å². The summed E-state index contributed by atoms with van der Waals surface area (Å²) in [7, 11) is 0. The van der Waals surface area contributed by atoms with E-state index in [1.807, 2.05) is 0 Å². The van der Waals surface area contributed by atoms with Crippen molar-refractivity contribution < 1.29 is 5.11 Å². The third-order valence-corrected chi connectivity index (χ3v) is 3.93. The first-order valence-electron chi connectivity index (χ1n) is 5.90. The third-order valence-electron chi connectivity index (χ3n) is 2.85.